The number of nitrogens with two attached hydrogens (primary N) is 1. The summed E-state index contributed by atoms with van der Waals surface area (Å²) in [6, 6.07) is 11.6. The third kappa shape index (κ3) is 3.46. The molecule has 0 radical (unpaired) electrons. The summed E-state index contributed by atoms with van der Waals surface area (Å²) in [5, 5.41) is 0. The average Bonchev–Trinajstić information content (AvgIpc) is 2.47. The lowest BCUT2D eigenvalue weighted by molar-refractivity contribution is 0.0378. The molecule has 0 aliphatic rings. The molecule has 0 aromatic heterocycles. The minimum absolute atomic E-state index is 0.110. The number of hydrogen-bond acceptors (Lipinski definition) is 5. The van der Waals surface area contributed by atoms with E-state index in [2.05, 4.69) is 0 Å². The third-order valence-electron chi connectivity index (χ3n) is 2.93. The van der Waals surface area contributed by atoms with E-state index >= 15 is 0 Å². The third-order valence-corrected chi connectivity index (χ3v) is 4.72. The molecule has 2 aromatic rings. The molecule has 6 heteroatoms. The van der Waals surface area contributed by atoms with Gasteiger partial charge in [-0.15, -0.1) is 0 Å². The SMILES string of the molecule is CC(C)OC(=O)c1ccc(S(=O)(=O)c2ccc(N)cc2)cc1. The predicted octanol–water partition coefficient (Wildman–Crippen LogP) is 2.67. The minimum atomic E-state index is -3.63. The average molecular weight is 319 g/mol. The van der Waals surface area contributed by atoms with E-state index in [1.165, 1.54) is 48.5 Å². The van der Waals surface area contributed by atoms with Gasteiger partial charge in [-0.1, -0.05) is 0 Å². The second-order valence-corrected chi connectivity index (χ2v) is 7.00. The Kier molecular flexibility index (Phi) is 4.51. The normalized spacial score (nSPS) is 11.4. The molecule has 2 aromatic carbocycles. The highest BCUT2D eigenvalue weighted by Gasteiger charge is 2.18. The summed E-state index contributed by atoms with van der Waals surface area (Å²) < 4.78 is 30.0. The fourth-order valence-electron chi connectivity index (χ4n) is 1.84. The van der Waals surface area contributed by atoms with E-state index in [1.807, 2.05) is 0 Å². The Hall–Kier alpha value is -2.34. The summed E-state index contributed by atoms with van der Waals surface area (Å²) in [5.74, 6) is -0.480. The second-order valence-electron chi connectivity index (χ2n) is 5.05. The van der Waals surface area contributed by atoms with Gasteiger partial charge >= 0.3 is 5.97 Å². The maximum atomic E-state index is 12.4. The number of esters is 1. The molecular weight excluding hydrogens is 302 g/mol. The van der Waals surface area contributed by atoms with E-state index in [4.69, 9.17) is 10.5 Å². The van der Waals surface area contributed by atoms with Gasteiger partial charge in [-0.25, -0.2) is 13.2 Å². The molecule has 0 unspecified atom stereocenters. The van der Waals surface area contributed by atoms with Crippen molar-refractivity contribution in [3.63, 3.8) is 0 Å². The highest BCUT2D eigenvalue weighted by atomic mass is 32.2. The molecule has 0 saturated heterocycles. The molecule has 116 valence electrons. The molecular formula is C16H17NO4S. The van der Waals surface area contributed by atoms with Crippen molar-refractivity contribution in [3.8, 4) is 0 Å². The lowest BCUT2D eigenvalue weighted by Crippen LogP contribution is -2.11. The summed E-state index contributed by atoms with van der Waals surface area (Å²) in [5.41, 5.74) is 6.36. The molecule has 2 N–H and O–H groups in total. The van der Waals surface area contributed by atoms with E-state index in [1.54, 1.807) is 13.8 Å². The highest BCUT2D eigenvalue weighted by Crippen LogP contribution is 2.22. The van der Waals surface area contributed by atoms with Gasteiger partial charge in [-0.3, -0.25) is 0 Å². The quantitative estimate of drug-likeness (QED) is 0.691. The Morgan fingerprint density at radius 3 is 1.86 bits per heavy atom. The number of hydrogen-bond donors (Lipinski definition) is 1. The molecule has 0 heterocycles. The zero-order valence-corrected chi connectivity index (χ0v) is 13.1. The summed E-state index contributed by atoms with van der Waals surface area (Å²) >= 11 is 0. The van der Waals surface area contributed by atoms with Crippen LogP contribution in [0.25, 0.3) is 0 Å². The van der Waals surface area contributed by atoms with Crippen LogP contribution in [0, 0.1) is 0 Å². The molecule has 5 nitrogen and oxygen atoms in total. The van der Waals surface area contributed by atoms with Crippen LogP contribution < -0.4 is 5.73 Å². The van der Waals surface area contributed by atoms with Crippen molar-refractivity contribution in [2.24, 2.45) is 0 Å². The van der Waals surface area contributed by atoms with Gasteiger partial charge in [-0.05, 0) is 62.4 Å². The lowest BCUT2D eigenvalue weighted by Gasteiger charge is -2.09. The Morgan fingerprint density at radius 2 is 1.41 bits per heavy atom. The van der Waals surface area contributed by atoms with Gasteiger partial charge in [0.15, 0.2) is 0 Å². The minimum Gasteiger partial charge on any atom is -0.459 e. The van der Waals surface area contributed by atoms with Gasteiger partial charge in [0.1, 0.15) is 0 Å². The number of nitrogen functional groups attached to an aromatic ring is 1. The first-order valence-corrected chi connectivity index (χ1v) is 8.20. The van der Waals surface area contributed by atoms with E-state index in [9.17, 15) is 13.2 Å². The number of benzene rings is 2. The Morgan fingerprint density at radius 1 is 0.955 bits per heavy atom. The van der Waals surface area contributed by atoms with Gasteiger partial charge in [0.05, 0.1) is 21.5 Å². The Balaban J connectivity index is 2.30. The number of carbonyl (C=O) groups is 1. The first-order valence-electron chi connectivity index (χ1n) is 6.72. The van der Waals surface area contributed by atoms with E-state index in [-0.39, 0.29) is 15.9 Å². The summed E-state index contributed by atoms with van der Waals surface area (Å²) in [4.78, 5) is 12.0. The fraction of sp³-hybridized carbons (Fsp3) is 0.188. The monoisotopic (exact) mass is 319 g/mol. The van der Waals surface area contributed by atoms with Gasteiger partial charge in [0.25, 0.3) is 0 Å². The van der Waals surface area contributed by atoms with E-state index in [0.717, 1.165) is 0 Å². The zero-order chi connectivity index (χ0) is 16.3. The van der Waals surface area contributed by atoms with Crippen LogP contribution in [-0.4, -0.2) is 20.5 Å². The molecule has 0 amide bonds. The molecule has 0 fully saturated rings. The largest absolute Gasteiger partial charge is 0.459 e. The van der Waals surface area contributed by atoms with Crippen LogP contribution in [-0.2, 0) is 14.6 Å². The van der Waals surface area contributed by atoms with Gasteiger partial charge in [-0.2, -0.15) is 0 Å². The van der Waals surface area contributed by atoms with Crippen LogP contribution in [0.15, 0.2) is 58.3 Å². The first-order chi connectivity index (χ1) is 10.3. The zero-order valence-electron chi connectivity index (χ0n) is 12.3. The van der Waals surface area contributed by atoms with Crippen molar-refractivity contribution in [3.05, 3.63) is 54.1 Å². The van der Waals surface area contributed by atoms with Crippen LogP contribution in [0.4, 0.5) is 5.69 Å². The predicted molar refractivity (Wildman–Crippen MR) is 83.3 cm³/mol. The van der Waals surface area contributed by atoms with Gasteiger partial charge in [0.2, 0.25) is 9.84 Å². The summed E-state index contributed by atoms with van der Waals surface area (Å²) in [6.45, 7) is 3.50. The number of ether oxygens (including phenoxy) is 1. The molecule has 2 rings (SSSR count). The fourth-order valence-corrected chi connectivity index (χ4v) is 3.10. The number of anilines is 1. The molecule has 0 atom stereocenters. The second kappa shape index (κ2) is 6.19. The molecule has 0 aliphatic heterocycles. The maximum Gasteiger partial charge on any atom is 0.338 e. The van der Waals surface area contributed by atoms with Crippen LogP contribution in [0.3, 0.4) is 0 Å². The first kappa shape index (κ1) is 16.0. The lowest BCUT2D eigenvalue weighted by atomic mass is 10.2. The number of sulfone groups is 1. The smallest absolute Gasteiger partial charge is 0.338 e. The van der Waals surface area contributed by atoms with Crippen molar-refractivity contribution in [2.75, 3.05) is 5.73 Å². The van der Waals surface area contributed by atoms with Crippen molar-refractivity contribution in [1.29, 1.82) is 0 Å². The summed E-state index contributed by atoms with van der Waals surface area (Å²) in [7, 11) is -3.63. The van der Waals surface area contributed by atoms with Gasteiger partial charge < -0.3 is 10.5 Å². The number of rotatable bonds is 4. The molecule has 0 saturated carbocycles. The highest BCUT2D eigenvalue weighted by molar-refractivity contribution is 7.91. The van der Waals surface area contributed by atoms with Crippen molar-refractivity contribution < 1.29 is 17.9 Å². The Labute approximate surface area is 129 Å². The number of carbonyl (C=O) groups excluding carboxylic acids is 1. The standard InChI is InChI=1S/C16H17NO4S/c1-11(2)21-16(18)12-3-7-14(8-4-12)22(19,20)15-9-5-13(17)6-10-15/h3-11H,17H2,1-2H3. The van der Waals surface area contributed by atoms with Crippen molar-refractivity contribution >= 4 is 21.5 Å². The Bertz CT molecular complexity index is 763. The van der Waals surface area contributed by atoms with Crippen LogP contribution in [0.1, 0.15) is 24.2 Å². The molecule has 0 spiro atoms. The van der Waals surface area contributed by atoms with E-state index in [0.29, 0.717) is 11.3 Å². The topological polar surface area (TPSA) is 86.5 Å². The van der Waals surface area contributed by atoms with Crippen molar-refractivity contribution in [2.45, 2.75) is 29.7 Å². The summed E-state index contributed by atoms with van der Waals surface area (Å²) in [6.07, 6.45) is -0.231. The van der Waals surface area contributed by atoms with Crippen LogP contribution >= 0.6 is 0 Å². The van der Waals surface area contributed by atoms with E-state index < -0.39 is 15.8 Å². The molecule has 22 heavy (non-hydrogen) atoms. The molecule has 0 aliphatic carbocycles. The van der Waals surface area contributed by atoms with Gasteiger partial charge in [0, 0.05) is 5.69 Å². The van der Waals surface area contributed by atoms with Crippen molar-refractivity contribution in [1.82, 2.24) is 0 Å². The van der Waals surface area contributed by atoms with Crippen LogP contribution in [0.2, 0.25) is 0 Å². The maximum absolute atomic E-state index is 12.4. The van der Waals surface area contributed by atoms with Crippen LogP contribution in [0.5, 0.6) is 0 Å². The molecule has 0 bridgehead atoms.